The van der Waals surface area contributed by atoms with Crippen molar-refractivity contribution in [1.82, 2.24) is 15.3 Å². The monoisotopic (exact) mass is 553 g/mol. The topological polar surface area (TPSA) is 110 Å². The zero-order chi connectivity index (χ0) is 28.2. The number of halogens is 3. The van der Waals surface area contributed by atoms with Gasteiger partial charge >= 0.3 is 6.18 Å². The summed E-state index contributed by atoms with van der Waals surface area (Å²) < 4.78 is 39.2. The van der Waals surface area contributed by atoms with Gasteiger partial charge in [-0.25, -0.2) is 4.98 Å². The summed E-state index contributed by atoms with van der Waals surface area (Å²) in [5.74, 6) is -0.839. The number of hydrogen-bond donors (Lipinski definition) is 3. The maximum absolute atomic E-state index is 13.1. The minimum atomic E-state index is -4.54. The highest BCUT2D eigenvalue weighted by Crippen LogP contribution is 2.32. The number of hydrogen-bond acceptors (Lipinski definition) is 6. The molecule has 2 amide bonds. The summed E-state index contributed by atoms with van der Waals surface area (Å²) in [6.45, 7) is 4.14. The maximum atomic E-state index is 13.1. The number of rotatable bonds is 8. The van der Waals surface area contributed by atoms with Gasteiger partial charge in [-0.2, -0.15) is 13.2 Å². The van der Waals surface area contributed by atoms with Crippen LogP contribution >= 0.6 is 11.3 Å². The third kappa shape index (κ3) is 6.87. The Morgan fingerprint density at radius 3 is 2.44 bits per heavy atom. The summed E-state index contributed by atoms with van der Waals surface area (Å²) in [6, 6.07) is 16.5. The number of aromatic nitrogens is 2. The van der Waals surface area contributed by atoms with Gasteiger partial charge in [0.05, 0.1) is 12.2 Å². The molecule has 0 spiro atoms. The largest absolute Gasteiger partial charge is 0.433 e. The van der Waals surface area contributed by atoms with Crippen molar-refractivity contribution in [3.8, 4) is 22.4 Å². The second kappa shape index (κ2) is 11.3. The lowest BCUT2D eigenvalue weighted by Gasteiger charge is -2.23. The van der Waals surface area contributed by atoms with Crippen molar-refractivity contribution in [2.75, 3.05) is 18.4 Å². The Morgan fingerprint density at radius 1 is 0.974 bits per heavy atom. The van der Waals surface area contributed by atoms with Gasteiger partial charge in [0.1, 0.15) is 5.69 Å². The Balaban J connectivity index is 1.39. The van der Waals surface area contributed by atoms with E-state index in [9.17, 15) is 22.8 Å². The predicted molar refractivity (Wildman–Crippen MR) is 145 cm³/mol. The molecule has 0 saturated heterocycles. The van der Waals surface area contributed by atoms with Gasteiger partial charge in [-0.1, -0.05) is 44.2 Å². The molecule has 4 aromatic rings. The number of alkyl halides is 3. The fraction of sp³-hybridized carbons (Fsp3) is 0.214. The van der Waals surface area contributed by atoms with Gasteiger partial charge < -0.3 is 16.4 Å². The van der Waals surface area contributed by atoms with E-state index >= 15 is 0 Å². The third-order valence-corrected chi connectivity index (χ3v) is 6.88. The number of nitrogens with one attached hydrogen (secondary N) is 2. The summed E-state index contributed by atoms with van der Waals surface area (Å²) in [5, 5.41) is 7.31. The second-order valence-electron chi connectivity index (χ2n) is 9.45. The number of pyridine rings is 1. The molecule has 0 fully saturated rings. The Bertz CT molecular complexity index is 1500. The Hall–Kier alpha value is -4.09. The number of benzene rings is 2. The van der Waals surface area contributed by atoms with Crippen LogP contribution in [0.15, 0.2) is 72.2 Å². The van der Waals surface area contributed by atoms with E-state index in [0.717, 1.165) is 17.8 Å². The van der Waals surface area contributed by atoms with E-state index < -0.39 is 17.8 Å². The van der Waals surface area contributed by atoms with Crippen LogP contribution in [0, 0.1) is 0 Å². The van der Waals surface area contributed by atoms with Gasteiger partial charge in [-0.3, -0.25) is 14.6 Å². The summed E-state index contributed by atoms with van der Waals surface area (Å²) in [5.41, 5.74) is 8.08. The zero-order valence-electron chi connectivity index (χ0n) is 21.2. The molecule has 0 unspecified atom stereocenters. The molecule has 4 rings (SSSR count). The number of carbonyl (C=O) groups is 2. The van der Waals surface area contributed by atoms with Crippen molar-refractivity contribution in [2.24, 2.45) is 5.73 Å². The lowest BCUT2D eigenvalue weighted by atomic mass is 9.84. The summed E-state index contributed by atoms with van der Waals surface area (Å²) in [6.07, 6.45) is -3.42. The average Bonchev–Trinajstić information content (AvgIpc) is 3.40. The van der Waals surface area contributed by atoms with Gasteiger partial charge in [0.2, 0.25) is 5.91 Å². The van der Waals surface area contributed by atoms with Crippen molar-refractivity contribution < 1.29 is 22.8 Å². The molecule has 2 aromatic carbocycles. The van der Waals surface area contributed by atoms with Crippen molar-refractivity contribution in [3.05, 3.63) is 89.1 Å². The van der Waals surface area contributed by atoms with E-state index in [4.69, 9.17) is 5.73 Å². The van der Waals surface area contributed by atoms with Gasteiger partial charge in [-0.15, -0.1) is 11.3 Å². The van der Waals surface area contributed by atoms with E-state index in [1.165, 1.54) is 17.4 Å². The molecule has 2 heterocycles. The molecule has 11 heteroatoms. The Morgan fingerprint density at radius 2 is 1.69 bits per heavy atom. The fourth-order valence-electron chi connectivity index (χ4n) is 3.71. The number of amides is 2. The minimum Gasteiger partial charge on any atom is -0.343 e. The lowest BCUT2D eigenvalue weighted by molar-refractivity contribution is -0.141. The standard InChI is InChI=1S/C28H26F3N5O2S/c1-27(2,16-32)21-8-4-7-20(12-21)25(38)34-14-24(37)36-26-35-22(15-39-26)19-6-3-5-17(11-19)18-9-10-33-23(13-18)28(29,30)31/h3-13,15H,14,16,32H2,1-2H3,(H,34,38)(H,35,36,37). The molecule has 0 aliphatic carbocycles. The molecular weight excluding hydrogens is 527 g/mol. The van der Waals surface area contributed by atoms with Crippen molar-refractivity contribution >= 4 is 28.3 Å². The molecule has 0 aliphatic rings. The third-order valence-electron chi connectivity index (χ3n) is 6.12. The van der Waals surface area contributed by atoms with Crippen LogP contribution in [-0.2, 0) is 16.4 Å². The summed E-state index contributed by atoms with van der Waals surface area (Å²) in [7, 11) is 0. The Labute approximate surface area is 227 Å². The van der Waals surface area contributed by atoms with Gasteiger partial charge in [0.25, 0.3) is 5.91 Å². The van der Waals surface area contributed by atoms with Crippen LogP contribution in [0.4, 0.5) is 18.3 Å². The number of carbonyl (C=O) groups excluding carboxylic acids is 2. The molecule has 0 saturated carbocycles. The van der Waals surface area contributed by atoms with Gasteiger partial charge in [-0.05, 0) is 47.0 Å². The number of thiazole rings is 1. The minimum absolute atomic E-state index is 0.253. The predicted octanol–water partition coefficient (Wildman–Crippen LogP) is 5.50. The van der Waals surface area contributed by atoms with Crippen LogP contribution in [0.5, 0.6) is 0 Å². The van der Waals surface area contributed by atoms with Crippen LogP contribution in [0.3, 0.4) is 0 Å². The molecule has 0 atom stereocenters. The fourth-order valence-corrected chi connectivity index (χ4v) is 4.45. The van der Waals surface area contributed by atoms with Crippen molar-refractivity contribution in [3.63, 3.8) is 0 Å². The molecule has 7 nitrogen and oxygen atoms in total. The molecular formula is C28H26F3N5O2S. The smallest absolute Gasteiger partial charge is 0.343 e. The molecule has 39 heavy (non-hydrogen) atoms. The SMILES string of the molecule is CC(C)(CN)c1cccc(C(=O)NCC(=O)Nc2nc(-c3cccc(-c4ccnc(C(F)(F)F)c4)c3)cs2)c1. The highest BCUT2D eigenvalue weighted by Gasteiger charge is 2.32. The van der Waals surface area contributed by atoms with Crippen molar-refractivity contribution in [2.45, 2.75) is 25.4 Å². The first-order valence-corrected chi connectivity index (χ1v) is 12.8. The molecule has 0 bridgehead atoms. The molecule has 0 radical (unpaired) electrons. The van der Waals surface area contributed by atoms with E-state index in [1.54, 1.807) is 47.8 Å². The van der Waals surface area contributed by atoms with E-state index in [2.05, 4.69) is 20.6 Å². The first-order valence-electron chi connectivity index (χ1n) is 11.9. The van der Waals surface area contributed by atoms with E-state index in [0.29, 0.717) is 39.6 Å². The van der Waals surface area contributed by atoms with E-state index in [-0.39, 0.29) is 17.9 Å². The van der Waals surface area contributed by atoms with Crippen LogP contribution in [-0.4, -0.2) is 34.9 Å². The van der Waals surface area contributed by atoms with Crippen LogP contribution in [0.2, 0.25) is 0 Å². The highest BCUT2D eigenvalue weighted by atomic mass is 32.1. The highest BCUT2D eigenvalue weighted by molar-refractivity contribution is 7.14. The maximum Gasteiger partial charge on any atom is 0.433 e. The quantitative estimate of drug-likeness (QED) is 0.267. The summed E-state index contributed by atoms with van der Waals surface area (Å²) in [4.78, 5) is 32.8. The molecule has 2 aromatic heterocycles. The first-order chi connectivity index (χ1) is 18.5. The average molecular weight is 554 g/mol. The van der Waals surface area contributed by atoms with Crippen LogP contribution in [0.25, 0.3) is 22.4 Å². The van der Waals surface area contributed by atoms with E-state index in [1.807, 2.05) is 19.9 Å². The number of nitrogens with two attached hydrogens (primary N) is 1. The Kier molecular flexibility index (Phi) is 8.12. The van der Waals surface area contributed by atoms with Crippen molar-refractivity contribution in [1.29, 1.82) is 0 Å². The zero-order valence-corrected chi connectivity index (χ0v) is 22.0. The second-order valence-corrected chi connectivity index (χ2v) is 10.3. The number of nitrogens with zero attached hydrogens (tertiary/aromatic N) is 2. The molecule has 4 N–H and O–H groups in total. The normalized spacial score (nSPS) is 11.7. The van der Waals surface area contributed by atoms with Crippen LogP contribution < -0.4 is 16.4 Å². The molecule has 202 valence electrons. The van der Waals surface area contributed by atoms with Gasteiger partial charge in [0, 0.05) is 34.7 Å². The van der Waals surface area contributed by atoms with Gasteiger partial charge in [0.15, 0.2) is 5.13 Å². The first kappa shape index (κ1) is 27.9. The van der Waals surface area contributed by atoms with Crippen LogP contribution in [0.1, 0.15) is 35.5 Å². The molecule has 0 aliphatic heterocycles. The lowest BCUT2D eigenvalue weighted by Crippen LogP contribution is -2.33. The number of anilines is 1. The summed E-state index contributed by atoms with van der Waals surface area (Å²) >= 11 is 1.19.